The third-order valence-corrected chi connectivity index (χ3v) is 5.02. The fourth-order valence-electron chi connectivity index (χ4n) is 3.60. The molecule has 2 aliphatic rings. The maximum atomic E-state index is 11.6. The number of nitrogens with one attached hydrogen (secondary N) is 1. The summed E-state index contributed by atoms with van der Waals surface area (Å²) in [6.45, 7) is 4.69. The third kappa shape index (κ3) is 4.04. The molecular weight excluding hydrogens is 296 g/mol. The number of aliphatic hydroxyl groups is 1. The van der Waals surface area contributed by atoms with Crippen molar-refractivity contribution in [2.75, 3.05) is 26.2 Å². The summed E-state index contributed by atoms with van der Waals surface area (Å²) in [4.78, 5) is 29.9. The van der Waals surface area contributed by atoms with E-state index in [1.165, 1.54) is 12.3 Å². The lowest BCUT2D eigenvalue weighted by Crippen LogP contribution is -2.48. The molecule has 7 nitrogen and oxygen atoms in total. The van der Waals surface area contributed by atoms with Crippen LogP contribution in [0.2, 0.25) is 0 Å². The average Bonchev–Trinajstić information content (AvgIpc) is 2.57. The van der Waals surface area contributed by atoms with Gasteiger partial charge in [-0.25, -0.2) is 0 Å². The van der Waals surface area contributed by atoms with Gasteiger partial charge in [0.05, 0.1) is 6.10 Å². The van der Waals surface area contributed by atoms with Crippen LogP contribution < -0.4 is 5.43 Å². The van der Waals surface area contributed by atoms with Crippen molar-refractivity contribution in [3.05, 3.63) is 33.1 Å². The zero-order valence-corrected chi connectivity index (χ0v) is 13.3. The Morgan fingerprint density at radius 1 is 1.17 bits per heavy atom. The summed E-state index contributed by atoms with van der Waals surface area (Å²) in [5, 5.41) is 12.3. The first kappa shape index (κ1) is 16.3. The van der Waals surface area contributed by atoms with Gasteiger partial charge >= 0.3 is 0 Å². The molecule has 0 bridgehead atoms. The minimum Gasteiger partial charge on any atom is -0.393 e. The maximum absolute atomic E-state index is 11.6. The molecule has 0 atom stereocenters. The van der Waals surface area contributed by atoms with Crippen molar-refractivity contribution in [3.63, 3.8) is 0 Å². The number of hydrogen-bond donors (Lipinski definition) is 2. The first-order valence-corrected chi connectivity index (χ1v) is 8.35. The van der Waals surface area contributed by atoms with Crippen LogP contribution >= 0.6 is 0 Å². The number of nitrogens with zero attached hydrogens (tertiary/aromatic N) is 3. The Labute approximate surface area is 135 Å². The number of nitroso groups, excluding NO2 is 1. The van der Waals surface area contributed by atoms with Crippen LogP contribution in [0.1, 0.15) is 31.4 Å². The number of rotatable bonds is 4. The molecule has 2 fully saturated rings. The van der Waals surface area contributed by atoms with Crippen molar-refractivity contribution in [2.24, 2.45) is 5.18 Å². The van der Waals surface area contributed by atoms with E-state index in [2.05, 4.69) is 20.0 Å². The second-order valence-electron chi connectivity index (χ2n) is 6.57. The summed E-state index contributed by atoms with van der Waals surface area (Å²) in [5.41, 5.74) is 0.428. The molecule has 0 spiro atoms. The lowest BCUT2D eigenvalue weighted by Gasteiger charge is -2.41. The quantitative estimate of drug-likeness (QED) is 0.814. The predicted octanol–water partition coefficient (Wildman–Crippen LogP) is 1.19. The highest BCUT2D eigenvalue weighted by atomic mass is 16.3. The standard InChI is InChI=1S/C16H24N4O3/c21-14-3-7-20(8-4-14)13-1-5-19(6-2-13)11-12-9-16(22)15(18-23)10-17-12/h9-10,13-14,21H,1-8,11H2,(H,17,22). The van der Waals surface area contributed by atoms with Crippen LogP contribution in [0.4, 0.5) is 5.69 Å². The topological polar surface area (TPSA) is 89.0 Å². The molecule has 0 amide bonds. The van der Waals surface area contributed by atoms with E-state index in [0.717, 1.165) is 57.6 Å². The van der Waals surface area contributed by atoms with Gasteiger partial charge in [-0.15, -0.1) is 4.91 Å². The van der Waals surface area contributed by atoms with Crippen LogP contribution in [0.3, 0.4) is 0 Å². The average molecular weight is 320 g/mol. The zero-order chi connectivity index (χ0) is 16.2. The lowest BCUT2D eigenvalue weighted by atomic mass is 9.99. The maximum Gasteiger partial charge on any atom is 0.211 e. The van der Waals surface area contributed by atoms with Crippen LogP contribution in [0, 0.1) is 4.91 Å². The number of H-pyrrole nitrogens is 1. The van der Waals surface area contributed by atoms with E-state index >= 15 is 0 Å². The van der Waals surface area contributed by atoms with Crippen LogP contribution in [0.15, 0.2) is 22.2 Å². The Morgan fingerprint density at radius 2 is 1.87 bits per heavy atom. The Balaban J connectivity index is 1.50. The first-order valence-electron chi connectivity index (χ1n) is 8.35. The molecule has 23 heavy (non-hydrogen) atoms. The third-order valence-electron chi connectivity index (χ3n) is 5.02. The predicted molar refractivity (Wildman–Crippen MR) is 87.6 cm³/mol. The molecule has 1 aromatic rings. The molecule has 2 aliphatic heterocycles. The van der Waals surface area contributed by atoms with E-state index in [0.29, 0.717) is 12.6 Å². The Morgan fingerprint density at radius 3 is 2.48 bits per heavy atom. The molecule has 7 heteroatoms. The lowest BCUT2D eigenvalue weighted by molar-refractivity contribution is 0.0374. The van der Waals surface area contributed by atoms with Crippen molar-refractivity contribution in [3.8, 4) is 0 Å². The SMILES string of the molecule is O=Nc1c[nH]c(CN2CCC(N3CCC(O)CC3)CC2)cc1=O. The Kier molecular flexibility index (Phi) is 5.20. The van der Waals surface area contributed by atoms with Crippen molar-refractivity contribution in [1.82, 2.24) is 14.8 Å². The number of pyridine rings is 1. The van der Waals surface area contributed by atoms with E-state index in [1.807, 2.05) is 0 Å². The number of hydrogen-bond acceptors (Lipinski definition) is 6. The number of aromatic nitrogens is 1. The molecule has 2 saturated heterocycles. The summed E-state index contributed by atoms with van der Waals surface area (Å²) in [5.74, 6) is 0. The molecular formula is C16H24N4O3. The van der Waals surface area contributed by atoms with Crippen LogP contribution in [0.5, 0.6) is 0 Å². The monoisotopic (exact) mass is 320 g/mol. The van der Waals surface area contributed by atoms with Gasteiger partial charge in [0.2, 0.25) is 5.43 Å². The first-order chi connectivity index (χ1) is 11.2. The van der Waals surface area contributed by atoms with Gasteiger partial charge in [-0.3, -0.25) is 9.69 Å². The van der Waals surface area contributed by atoms with Crippen molar-refractivity contribution in [1.29, 1.82) is 0 Å². The van der Waals surface area contributed by atoms with Gasteiger partial charge in [-0.2, -0.15) is 0 Å². The van der Waals surface area contributed by atoms with Crippen LogP contribution in [0.25, 0.3) is 0 Å². The van der Waals surface area contributed by atoms with Gasteiger partial charge in [0.25, 0.3) is 0 Å². The fraction of sp³-hybridized carbons (Fsp3) is 0.688. The van der Waals surface area contributed by atoms with Crippen molar-refractivity contribution in [2.45, 2.75) is 44.4 Å². The molecule has 1 aromatic heterocycles. The highest BCUT2D eigenvalue weighted by Gasteiger charge is 2.27. The Bertz CT molecular complexity index is 587. The summed E-state index contributed by atoms with van der Waals surface area (Å²) in [6, 6.07) is 2.08. The molecule has 0 aromatic carbocycles. The van der Waals surface area contributed by atoms with Crippen LogP contribution in [-0.4, -0.2) is 58.2 Å². The van der Waals surface area contributed by atoms with Gasteiger partial charge in [0.1, 0.15) is 0 Å². The Hall–Kier alpha value is -1.57. The van der Waals surface area contributed by atoms with E-state index < -0.39 is 0 Å². The van der Waals surface area contributed by atoms with E-state index in [-0.39, 0.29) is 17.2 Å². The molecule has 0 saturated carbocycles. The highest BCUT2D eigenvalue weighted by Crippen LogP contribution is 2.21. The normalized spacial score (nSPS) is 22.3. The molecule has 0 unspecified atom stereocenters. The summed E-state index contributed by atoms with van der Waals surface area (Å²) in [7, 11) is 0. The van der Waals surface area contributed by atoms with Crippen molar-refractivity contribution >= 4 is 5.69 Å². The van der Waals surface area contributed by atoms with E-state index in [9.17, 15) is 14.8 Å². The molecule has 0 radical (unpaired) electrons. The van der Waals surface area contributed by atoms with Gasteiger partial charge < -0.3 is 15.0 Å². The minimum atomic E-state index is -0.324. The molecule has 0 aliphatic carbocycles. The fourth-order valence-corrected chi connectivity index (χ4v) is 3.60. The molecule has 3 rings (SSSR count). The summed E-state index contributed by atoms with van der Waals surface area (Å²) >= 11 is 0. The van der Waals surface area contributed by atoms with E-state index in [4.69, 9.17) is 0 Å². The van der Waals surface area contributed by atoms with Gasteiger partial charge in [0, 0.05) is 56.7 Å². The van der Waals surface area contributed by atoms with Gasteiger partial charge in [0.15, 0.2) is 5.69 Å². The molecule has 3 heterocycles. The smallest absolute Gasteiger partial charge is 0.211 e. The summed E-state index contributed by atoms with van der Waals surface area (Å²) < 4.78 is 0. The molecule has 126 valence electrons. The molecule has 2 N–H and O–H groups in total. The number of aliphatic hydroxyl groups excluding tert-OH is 1. The van der Waals surface area contributed by atoms with E-state index in [1.54, 1.807) is 0 Å². The largest absolute Gasteiger partial charge is 0.393 e. The second kappa shape index (κ2) is 7.33. The second-order valence-corrected chi connectivity index (χ2v) is 6.57. The van der Waals surface area contributed by atoms with Gasteiger partial charge in [-0.1, -0.05) is 0 Å². The van der Waals surface area contributed by atoms with Crippen LogP contribution in [-0.2, 0) is 6.54 Å². The zero-order valence-electron chi connectivity index (χ0n) is 13.3. The highest BCUT2D eigenvalue weighted by molar-refractivity contribution is 5.33. The number of aromatic amines is 1. The number of piperidine rings is 2. The van der Waals surface area contributed by atoms with Gasteiger partial charge in [-0.05, 0) is 30.9 Å². The van der Waals surface area contributed by atoms with Crippen molar-refractivity contribution < 1.29 is 5.11 Å². The minimum absolute atomic E-state index is 0.0697. The number of likely N-dealkylation sites (tertiary alicyclic amines) is 2. The summed E-state index contributed by atoms with van der Waals surface area (Å²) in [6.07, 6.45) is 5.28.